The minimum absolute atomic E-state index is 0.181. The van der Waals surface area contributed by atoms with E-state index in [9.17, 15) is 4.79 Å². The molecule has 0 unspecified atom stereocenters. The zero-order valence-electron chi connectivity index (χ0n) is 18.6. The Morgan fingerprint density at radius 3 is 2.53 bits per heavy atom. The van der Waals surface area contributed by atoms with Gasteiger partial charge >= 0.3 is 5.69 Å². The van der Waals surface area contributed by atoms with E-state index in [4.69, 9.17) is 11.2 Å². The lowest BCUT2D eigenvalue weighted by molar-refractivity contribution is 0.371. The summed E-state index contributed by atoms with van der Waals surface area (Å²) in [6.45, 7) is 7.07. The van der Waals surface area contributed by atoms with Crippen LogP contribution in [0.5, 0.6) is 5.75 Å². The zero-order valence-corrected chi connectivity index (χ0v) is 18.6. The lowest BCUT2D eigenvalue weighted by atomic mass is 9.94. The van der Waals surface area contributed by atoms with Crippen molar-refractivity contribution in [3.8, 4) is 29.4 Å². The molecule has 1 aromatic heterocycles. The molecular formula is C28H26N2O2. The van der Waals surface area contributed by atoms with Crippen molar-refractivity contribution in [3.63, 3.8) is 0 Å². The van der Waals surface area contributed by atoms with Crippen molar-refractivity contribution < 1.29 is 4.74 Å². The lowest BCUT2D eigenvalue weighted by Gasteiger charge is -2.16. The van der Waals surface area contributed by atoms with Crippen LogP contribution in [0.1, 0.15) is 36.5 Å². The number of aromatic nitrogens is 2. The smallest absolute Gasteiger partial charge is 0.348 e. The average molecular weight is 423 g/mol. The van der Waals surface area contributed by atoms with Crippen LogP contribution in [-0.2, 0) is 6.54 Å². The van der Waals surface area contributed by atoms with Crippen molar-refractivity contribution in [2.24, 2.45) is 0 Å². The Kier molecular flexibility index (Phi) is 6.09. The van der Waals surface area contributed by atoms with Gasteiger partial charge in [-0.2, -0.15) is 4.98 Å². The lowest BCUT2D eigenvalue weighted by Crippen LogP contribution is -2.24. The van der Waals surface area contributed by atoms with Gasteiger partial charge in [0.25, 0.3) is 0 Å². The van der Waals surface area contributed by atoms with Crippen LogP contribution in [0.25, 0.3) is 22.2 Å². The van der Waals surface area contributed by atoms with Crippen molar-refractivity contribution in [2.45, 2.75) is 33.2 Å². The van der Waals surface area contributed by atoms with Gasteiger partial charge in [-0.3, -0.25) is 4.57 Å². The minimum atomic E-state index is -0.278. The molecule has 0 radical (unpaired) electrons. The molecular weight excluding hydrogens is 396 g/mol. The van der Waals surface area contributed by atoms with Crippen molar-refractivity contribution in [1.29, 1.82) is 0 Å². The fourth-order valence-electron chi connectivity index (χ4n) is 4.08. The Hall–Kier alpha value is -3.84. The average Bonchev–Trinajstić information content (AvgIpc) is 2.79. The molecule has 160 valence electrons. The van der Waals surface area contributed by atoms with E-state index in [1.54, 1.807) is 4.57 Å². The van der Waals surface area contributed by atoms with E-state index in [2.05, 4.69) is 43.8 Å². The summed E-state index contributed by atoms with van der Waals surface area (Å²) in [5, 5.41) is 0.853. The number of hydrogen-bond acceptors (Lipinski definition) is 3. The number of rotatable bonds is 6. The first-order chi connectivity index (χ1) is 15.5. The largest absolute Gasteiger partial charge is 0.481 e. The number of ether oxygens (including phenoxy) is 1. The quantitative estimate of drug-likeness (QED) is 0.382. The summed E-state index contributed by atoms with van der Waals surface area (Å²) in [5.74, 6) is 3.57. The maximum Gasteiger partial charge on any atom is 0.348 e. The molecule has 0 N–H and O–H groups in total. The summed E-state index contributed by atoms with van der Waals surface area (Å²) < 4.78 is 7.37. The third kappa shape index (κ3) is 4.29. The van der Waals surface area contributed by atoms with Crippen molar-refractivity contribution in [1.82, 2.24) is 9.55 Å². The Morgan fingerprint density at radius 2 is 1.84 bits per heavy atom. The minimum Gasteiger partial charge on any atom is -0.481 e. The summed E-state index contributed by atoms with van der Waals surface area (Å²) in [6, 6.07) is 21.8. The van der Waals surface area contributed by atoms with E-state index in [1.165, 1.54) is 11.1 Å². The molecule has 0 aliphatic rings. The van der Waals surface area contributed by atoms with Crippen LogP contribution >= 0.6 is 0 Å². The molecule has 0 atom stereocenters. The topological polar surface area (TPSA) is 44.1 Å². The molecule has 0 saturated carbocycles. The van der Waals surface area contributed by atoms with Crippen LogP contribution in [-0.4, -0.2) is 16.2 Å². The van der Waals surface area contributed by atoms with Crippen LogP contribution in [0.15, 0.2) is 71.5 Å². The van der Waals surface area contributed by atoms with Gasteiger partial charge < -0.3 is 4.74 Å². The second-order valence-electron chi connectivity index (χ2n) is 8.21. The molecule has 4 rings (SSSR count). The second kappa shape index (κ2) is 9.11. The molecule has 0 aliphatic heterocycles. The molecule has 32 heavy (non-hydrogen) atoms. The van der Waals surface area contributed by atoms with E-state index in [1.807, 2.05) is 54.6 Å². The highest BCUT2D eigenvalue weighted by Gasteiger charge is 2.15. The summed E-state index contributed by atoms with van der Waals surface area (Å²) in [5.41, 5.74) is 5.60. The SMILES string of the molecule is C#CCOc1ccc2c(c1)c(-c1ccc(C(C)C)c(C)c1)nc(=O)n2Cc1ccccc1. The van der Waals surface area contributed by atoms with Crippen molar-refractivity contribution in [2.75, 3.05) is 6.61 Å². The molecule has 4 heteroatoms. The third-order valence-electron chi connectivity index (χ3n) is 5.62. The van der Waals surface area contributed by atoms with Gasteiger partial charge in [0.05, 0.1) is 17.8 Å². The maximum absolute atomic E-state index is 13.1. The third-order valence-corrected chi connectivity index (χ3v) is 5.62. The summed E-state index contributed by atoms with van der Waals surface area (Å²) in [6.07, 6.45) is 5.36. The van der Waals surface area contributed by atoms with Gasteiger partial charge in [0.15, 0.2) is 0 Å². The predicted octanol–water partition coefficient (Wildman–Crippen LogP) is 5.56. The molecule has 0 bridgehead atoms. The summed E-state index contributed by atoms with van der Waals surface area (Å²) in [7, 11) is 0. The number of fused-ring (bicyclic) bond motifs is 1. The molecule has 0 saturated heterocycles. The van der Waals surface area contributed by atoms with Crippen LogP contribution in [0.3, 0.4) is 0 Å². The van der Waals surface area contributed by atoms with E-state index in [0.717, 1.165) is 22.0 Å². The molecule has 1 heterocycles. The van der Waals surface area contributed by atoms with Gasteiger partial charge in [-0.25, -0.2) is 4.79 Å². The van der Waals surface area contributed by atoms with Gasteiger partial charge in [-0.15, -0.1) is 6.42 Å². The van der Waals surface area contributed by atoms with Gasteiger partial charge in [0.2, 0.25) is 0 Å². The van der Waals surface area contributed by atoms with Gasteiger partial charge in [-0.05, 0) is 53.8 Å². The number of aryl methyl sites for hydroxylation is 1. The molecule has 3 aromatic carbocycles. The van der Waals surface area contributed by atoms with Crippen molar-refractivity contribution in [3.05, 3.63) is 93.9 Å². The highest BCUT2D eigenvalue weighted by Crippen LogP contribution is 2.31. The van der Waals surface area contributed by atoms with E-state index in [-0.39, 0.29) is 12.3 Å². The van der Waals surface area contributed by atoms with E-state index >= 15 is 0 Å². The van der Waals surface area contributed by atoms with Gasteiger partial charge in [-0.1, -0.05) is 62.2 Å². The van der Waals surface area contributed by atoms with Crippen LogP contribution in [0.4, 0.5) is 0 Å². The number of hydrogen-bond donors (Lipinski definition) is 0. The number of benzene rings is 3. The Bertz CT molecular complexity index is 1360. The predicted molar refractivity (Wildman–Crippen MR) is 130 cm³/mol. The molecule has 4 aromatic rings. The van der Waals surface area contributed by atoms with Crippen LogP contribution in [0.2, 0.25) is 0 Å². The van der Waals surface area contributed by atoms with E-state index < -0.39 is 0 Å². The highest BCUT2D eigenvalue weighted by atomic mass is 16.5. The molecule has 0 fully saturated rings. The van der Waals surface area contributed by atoms with Gasteiger partial charge in [0, 0.05) is 10.9 Å². The Balaban J connectivity index is 1.92. The summed E-state index contributed by atoms with van der Waals surface area (Å²) in [4.78, 5) is 17.7. The first-order valence-electron chi connectivity index (χ1n) is 10.7. The highest BCUT2D eigenvalue weighted by molar-refractivity contribution is 5.93. The maximum atomic E-state index is 13.1. The van der Waals surface area contributed by atoms with Crippen LogP contribution < -0.4 is 10.4 Å². The van der Waals surface area contributed by atoms with Crippen LogP contribution in [0, 0.1) is 19.3 Å². The number of terminal acetylenes is 1. The molecule has 4 nitrogen and oxygen atoms in total. The molecule has 0 spiro atoms. The molecule has 0 amide bonds. The zero-order chi connectivity index (χ0) is 22.7. The molecule has 0 aliphatic carbocycles. The first kappa shape index (κ1) is 21.4. The number of nitrogens with zero attached hydrogens (tertiary/aromatic N) is 2. The first-order valence-corrected chi connectivity index (χ1v) is 10.7. The summed E-state index contributed by atoms with van der Waals surface area (Å²) >= 11 is 0. The van der Waals surface area contributed by atoms with E-state index in [0.29, 0.717) is 23.9 Å². The fourth-order valence-corrected chi connectivity index (χ4v) is 4.08. The normalized spacial score (nSPS) is 11.0. The second-order valence-corrected chi connectivity index (χ2v) is 8.21. The van der Waals surface area contributed by atoms with Gasteiger partial charge in [0.1, 0.15) is 12.4 Å². The Labute approximate surface area is 188 Å². The monoisotopic (exact) mass is 422 g/mol. The Morgan fingerprint density at radius 1 is 1.06 bits per heavy atom. The standard InChI is InChI=1S/C28H26N2O2/c1-5-15-32-23-12-14-26-25(17-23)27(22-11-13-24(19(2)3)20(4)16-22)29-28(31)30(26)18-21-9-7-6-8-10-21/h1,6-14,16-17,19H,15,18H2,2-4H3. The fraction of sp³-hybridized carbons (Fsp3) is 0.214. The van der Waals surface area contributed by atoms with Crippen molar-refractivity contribution >= 4 is 10.9 Å².